The van der Waals surface area contributed by atoms with E-state index in [9.17, 15) is 5.11 Å². The quantitative estimate of drug-likeness (QED) is 0.693. The standard InChI is InChI=1S/C23H22O5/c1-25-18-7-3-15(4-8-18)20-13-17(11-12-24)22-23(28-14-27-22)21(20)16-5-9-19(26-2)10-6-16/h3-10,13,24H,11-12,14H2,1-2H3. The van der Waals surface area contributed by atoms with Gasteiger partial charge in [-0.2, -0.15) is 0 Å². The monoisotopic (exact) mass is 378 g/mol. The minimum Gasteiger partial charge on any atom is -0.497 e. The van der Waals surface area contributed by atoms with Crippen LogP contribution in [0.25, 0.3) is 22.3 Å². The predicted octanol–water partition coefficient (Wildman–Crippen LogP) is 4.30. The predicted molar refractivity (Wildman–Crippen MR) is 107 cm³/mol. The van der Waals surface area contributed by atoms with Crippen molar-refractivity contribution in [3.8, 4) is 45.3 Å². The first kappa shape index (κ1) is 18.2. The zero-order valence-electron chi connectivity index (χ0n) is 15.9. The van der Waals surface area contributed by atoms with E-state index in [1.54, 1.807) is 14.2 Å². The average Bonchev–Trinajstić information content (AvgIpc) is 3.24. The van der Waals surface area contributed by atoms with E-state index in [-0.39, 0.29) is 13.4 Å². The molecule has 0 saturated heterocycles. The largest absolute Gasteiger partial charge is 0.497 e. The van der Waals surface area contributed by atoms with Gasteiger partial charge < -0.3 is 24.1 Å². The van der Waals surface area contributed by atoms with Crippen LogP contribution < -0.4 is 18.9 Å². The summed E-state index contributed by atoms with van der Waals surface area (Å²) >= 11 is 0. The number of hydrogen-bond acceptors (Lipinski definition) is 5. The molecule has 144 valence electrons. The van der Waals surface area contributed by atoms with Crippen molar-refractivity contribution in [2.45, 2.75) is 6.42 Å². The third-order valence-electron chi connectivity index (χ3n) is 4.88. The fraction of sp³-hybridized carbons (Fsp3) is 0.217. The van der Waals surface area contributed by atoms with Crippen molar-refractivity contribution >= 4 is 0 Å². The molecule has 0 amide bonds. The molecule has 0 unspecified atom stereocenters. The number of aliphatic hydroxyl groups is 1. The van der Waals surface area contributed by atoms with Gasteiger partial charge in [-0.15, -0.1) is 0 Å². The van der Waals surface area contributed by atoms with Crippen molar-refractivity contribution < 1.29 is 24.1 Å². The molecule has 5 nitrogen and oxygen atoms in total. The van der Waals surface area contributed by atoms with E-state index in [1.165, 1.54) is 0 Å². The highest BCUT2D eigenvalue weighted by molar-refractivity contribution is 5.91. The average molecular weight is 378 g/mol. The van der Waals surface area contributed by atoms with E-state index < -0.39 is 0 Å². The summed E-state index contributed by atoms with van der Waals surface area (Å²) in [6.45, 7) is 0.211. The molecule has 1 aliphatic rings. The molecule has 3 aromatic carbocycles. The second-order valence-corrected chi connectivity index (χ2v) is 6.45. The Bertz CT molecular complexity index is 962. The maximum absolute atomic E-state index is 9.50. The minimum atomic E-state index is 0.0414. The van der Waals surface area contributed by atoms with Gasteiger partial charge in [-0.05, 0) is 53.4 Å². The Hall–Kier alpha value is -3.18. The van der Waals surface area contributed by atoms with Crippen molar-refractivity contribution in [1.82, 2.24) is 0 Å². The number of ether oxygens (including phenoxy) is 4. The maximum atomic E-state index is 9.50. The van der Waals surface area contributed by atoms with Crippen molar-refractivity contribution in [3.05, 3.63) is 60.2 Å². The first-order valence-corrected chi connectivity index (χ1v) is 9.10. The highest BCUT2D eigenvalue weighted by Crippen LogP contribution is 2.49. The summed E-state index contributed by atoms with van der Waals surface area (Å²) in [5.41, 5.74) is 4.94. The van der Waals surface area contributed by atoms with E-state index >= 15 is 0 Å². The summed E-state index contributed by atoms with van der Waals surface area (Å²) in [5, 5.41) is 9.50. The molecule has 0 radical (unpaired) electrons. The number of fused-ring (bicyclic) bond motifs is 1. The third-order valence-corrected chi connectivity index (χ3v) is 4.88. The van der Waals surface area contributed by atoms with Crippen LogP contribution >= 0.6 is 0 Å². The summed E-state index contributed by atoms with van der Waals surface area (Å²) in [7, 11) is 3.30. The van der Waals surface area contributed by atoms with Gasteiger partial charge in [0.1, 0.15) is 11.5 Å². The van der Waals surface area contributed by atoms with Crippen molar-refractivity contribution in [3.63, 3.8) is 0 Å². The van der Waals surface area contributed by atoms with Gasteiger partial charge in [0, 0.05) is 17.7 Å². The van der Waals surface area contributed by atoms with Crippen LogP contribution in [0.5, 0.6) is 23.0 Å². The lowest BCUT2D eigenvalue weighted by atomic mass is 9.90. The molecule has 4 rings (SSSR count). The topological polar surface area (TPSA) is 57.2 Å². The summed E-state index contributed by atoms with van der Waals surface area (Å²) in [6, 6.07) is 17.9. The molecule has 0 spiro atoms. The van der Waals surface area contributed by atoms with Gasteiger partial charge in [-0.3, -0.25) is 0 Å². The number of aliphatic hydroxyl groups excluding tert-OH is 1. The molecule has 0 aliphatic carbocycles. The van der Waals surface area contributed by atoms with Gasteiger partial charge in [-0.1, -0.05) is 24.3 Å². The SMILES string of the molecule is COc1ccc(-c2cc(CCO)c3c(c2-c2ccc(OC)cc2)OCO3)cc1. The Morgan fingerprint density at radius 3 is 1.96 bits per heavy atom. The van der Waals surface area contributed by atoms with Gasteiger partial charge in [0.05, 0.1) is 14.2 Å². The van der Waals surface area contributed by atoms with E-state index in [0.29, 0.717) is 17.9 Å². The van der Waals surface area contributed by atoms with Crippen LogP contribution in [0.3, 0.4) is 0 Å². The van der Waals surface area contributed by atoms with Crippen LogP contribution in [0.15, 0.2) is 54.6 Å². The van der Waals surface area contributed by atoms with Gasteiger partial charge in [-0.25, -0.2) is 0 Å². The lowest BCUT2D eigenvalue weighted by molar-refractivity contribution is 0.173. The first-order valence-electron chi connectivity index (χ1n) is 9.10. The molecule has 0 bridgehead atoms. The molecular formula is C23H22O5. The molecule has 1 aliphatic heterocycles. The molecule has 0 fully saturated rings. The molecular weight excluding hydrogens is 356 g/mol. The Balaban J connectivity index is 1.94. The Morgan fingerprint density at radius 1 is 0.821 bits per heavy atom. The zero-order valence-corrected chi connectivity index (χ0v) is 15.9. The Morgan fingerprint density at radius 2 is 1.39 bits per heavy atom. The summed E-state index contributed by atoms with van der Waals surface area (Å²) < 4.78 is 22.2. The van der Waals surface area contributed by atoms with Crippen LogP contribution in [-0.2, 0) is 6.42 Å². The molecule has 0 saturated carbocycles. The lowest BCUT2D eigenvalue weighted by Crippen LogP contribution is -1.97. The van der Waals surface area contributed by atoms with E-state index in [0.717, 1.165) is 39.3 Å². The minimum absolute atomic E-state index is 0.0414. The smallest absolute Gasteiger partial charge is 0.231 e. The van der Waals surface area contributed by atoms with E-state index in [2.05, 4.69) is 6.07 Å². The van der Waals surface area contributed by atoms with Crippen LogP contribution in [0.1, 0.15) is 5.56 Å². The highest BCUT2D eigenvalue weighted by atomic mass is 16.7. The first-order chi connectivity index (χ1) is 13.7. The highest BCUT2D eigenvalue weighted by Gasteiger charge is 2.26. The summed E-state index contributed by atoms with van der Waals surface area (Å²) in [6.07, 6.45) is 0.498. The number of methoxy groups -OCH3 is 2. The molecule has 5 heteroatoms. The van der Waals surface area contributed by atoms with Crippen molar-refractivity contribution in [2.75, 3.05) is 27.6 Å². The van der Waals surface area contributed by atoms with Crippen LogP contribution in [-0.4, -0.2) is 32.7 Å². The molecule has 28 heavy (non-hydrogen) atoms. The Kier molecular flexibility index (Phi) is 5.08. The molecule has 1 N–H and O–H groups in total. The molecule has 0 atom stereocenters. The fourth-order valence-corrected chi connectivity index (χ4v) is 3.49. The van der Waals surface area contributed by atoms with Gasteiger partial charge in [0.25, 0.3) is 0 Å². The number of hydrogen-bond donors (Lipinski definition) is 1. The maximum Gasteiger partial charge on any atom is 0.231 e. The second-order valence-electron chi connectivity index (χ2n) is 6.45. The van der Waals surface area contributed by atoms with Crippen molar-refractivity contribution in [2.24, 2.45) is 0 Å². The Labute approximate surface area is 164 Å². The van der Waals surface area contributed by atoms with Crippen LogP contribution in [0.2, 0.25) is 0 Å². The zero-order chi connectivity index (χ0) is 19.5. The van der Waals surface area contributed by atoms with Gasteiger partial charge in [0.15, 0.2) is 11.5 Å². The normalized spacial score (nSPS) is 12.1. The van der Waals surface area contributed by atoms with Gasteiger partial charge >= 0.3 is 0 Å². The van der Waals surface area contributed by atoms with Gasteiger partial charge in [0.2, 0.25) is 6.79 Å². The number of rotatable bonds is 6. The molecule has 1 heterocycles. The second kappa shape index (κ2) is 7.82. The third kappa shape index (κ3) is 3.25. The van der Waals surface area contributed by atoms with E-state index in [1.807, 2.05) is 48.5 Å². The summed E-state index contributed by atoms with van der Waals surface area (Å²) in [5.74, 6) is 3.01. The summed E-state index contributed by atoms with van der Waals surface area (Å²) in [4.78, 5) is 0. The van der Waals surface area contributed by atoms with Crippen molar-refractivity contribution in [1.29, 1.82) is 0 Å². The fourth-order valence-electron chi connectivity index (χ4n) is 3.49. The van der Waals surface area contributed by atoms with Crippen LogP contribution in [0.4, 0.5) is 0 Å². The van der Waals surface area contributed by atoms with E-state index in [4.69, 9.17) is 18.9 Å². The lowest BCUT2D eigenvalue weighted by Gasteiger charge is -2.17. The number of benzene rings is 3. The van der Waals surface area contributed by atoms with Crippen LogP contribution in [0, 0.1) is 0 Å². The molecule has 3 aromatic rings. The molecule has 0 aromatic heterocycles.